The van der Waals surface area contributed by atoms with Gasteiger partial charge in [0, 0.05) is 23.7 Å². The van der Waals surface area contributed by atoms with Crippen molar-refractivity contribution in [1.82, 2.24) is 4.98 Å². The molecule has 0 saturated heterocycles. The molecule has 1 N–H and O–H groups in total. The zero-order valence-corrected chi connectivity index (χ0v) is 14.5. The Labute approximate surface area is 149 Å². The molecule has 0 fully saturated rings. The average molecular weight is 358 g/mol. The monoisotopic (exact) mass is 358 g/mol. The van der Waals surface area contributed by atoms with Gasteiger partial charge in [0.05, 0.1) is 20.1 Å². The second-order valence-electron chi connectivity index (χ2n) is 5.60. The molecule has 1 aromatic heterocycles. The van der Waals surface area contributed by atoms with Crippen LogP contribution < -0.4 is 10.1 Å². The summed E-state index contributed by atoms with van der Waals surface area (Å²) in [5.74, 6) is 0.158. The molecule has 1 aliphatic heterocycles. The number of nitrogens with one attached hydrogen (secondary N) is 1. The third-order valence-electron chi connectivity index (χ3n) is 3.95. The molecule has 6 nitrogen and oxygen atoms in total. The largest absolute Gasteiger partial charge is 0.497 e. The predicted octanol–water partition coefficient (Wildman–Crippen LogP) is 3.08. The molecule has 0 saturated carbocycles. The molecule has 1 aromatic carbocycles. The van der Waals surface area contributed by atoms with Crippen LogP contribution in [-0.2, 0) is 9.53 Å². The summed E-state index contributed by atoms with van der Waals surface area (Å²) in [6, 6.07) is 6.99. The van der Waals surface area contributed by atoms with Gasteiger partial charge in [0.1, 0.15) is 5.75 Å². The first kappa shape index (κ1) is 17.3. The topological polar surface area (TPSA) is 77.5 Å². The Morgan fingerprint density at radius 3 is 2.72 bits per heavy atom. The lowest BCUT2D eigenvalue weighted by atomic mass is 9.90. The van der Waals surface area contributed by atoms with Crippen LogP contribution in [0.4, 0.5) is 5.69 Å². The SMILES string of the molecule is COc1ccc(NC(=O)[C@]2(CC(=O)c3nccs3)CC=CCO2)cc1. The number of aromatic nitrogens is 1. The molecular formula is C18H18N2O4S. The first-order valence-electron chi connectivity index (χ1n) is 7.80. The Balaban J connectivity index is 1.78. The van der Waals surface area contributed by atoms with Crippen LogP contribution >= 0.6 is 11.3 Å². The molecule has 0 bridgehead atoms. The number of hydrogen-bond donors (Lipinski definition) is 1. The van der Waals surface area contributed by atoms with E-state index in [1.54, 1.807) is 43.0 Å². The minimum Gasteiger partial charge on any atom is -0.497 e. The fraction of sp³-hybridized carbons (Fsp3) is 0.278. The van der Waals surface area contributed by atoms with Gasteiger partial charge < -0.3 is 14.8 Å². The summed E-state index contributed by atoms with van der Waals surface area (Å²) in [5, 5.41) is 4.95. The van der Waals surface area contributed by atoms with Crippen LogP contribution in [0.15, 0.2) is 48.0 Å². The van der Waals surface area contributed by atoms with Crippen LogP contribution in [-0.4, -0.2) is 36.0 Å². The minimum atomic E-state index is -1.22. The van der Waals surface area contributed by atoms with Crippen molar-refractivity contribution in [2.75, 3.05) is 19.0 Å². The van der Waals surface area contributed by atoms with Gasteiger partial charge in [-0.15, -0.1) is 11.3 Å². The number of Topliss-reactive ketones (excluding diaryl/α,β-unsaturated/α-hetero) is 1. The fourth-order valence-corrected chi connectivity index (χ4v) is 3.16. The van der Waals surface area contributed by atoms with Crippen LogP contribution in [0.5, 0.6) is 5.75 Å². The lowest BCUT2D eigenvalue weighted by Gasteiger charge is -2.32. The lowest BCUT2D eigenvalue weighted by Crippen LogP contribution is -2.48. The quantitative estimate of drug-likeness (QED) is 0.634. The molecule has 2 heterocycles. The molecule has 1 atom stereocenters. The molecule has 130 valence electrons. The number of rotatable bonds is 6. The second-order valence-corrected chi connectivity index (χ2v) is 6.50. The Hall–Kier alpha value is -2.51. The van der Waals surface area contributed by atoms with Gasteiger partial charge in [0.25, 0.3) is 5.91 Å². The fourth-order valence-electron chi connectivity index (χ4n) is 2.59. The first-order valence-corrected chi connectivity index (χ1v) is 8.68. The highest BCUT2D eigenvalue weighted by Crippen LogP contribution is 2.29. The first-order chi connectivity index (χ1) is 12.1. The molecule has 1 aliphatic rings. The molecule has 7 heteroatoms. The Morgan fingerprint density at radius 2 is 2.12 bits per heavy atom. The van der Waals surface area contributed by atoms with Gasteiger partial charge in [0.15, 0.2) is 16.4 Å². The van der Waals surface area contributed by atoms with E-state index in [1.165, 1.54) is 11.3 Å². The number of ketones is 1. The normalized spacial score (nSPS) is 19.4. The molecule has 0 unspecified atom stereocenters. The van der Waals surface area contributed by atoms with Gasteiger partial charge in [-0.1, -0.05) is 12.2 Å². The van der Waals surface area contributed by atoms with E-state index in [0.717, 1.165) is 0 Å². The number of anilines is 1. The number of carbonyl (C=O) groups excluding carboxylic acids is 2. The zero-order chi connectivity index (χ0) is 17.7. The second kappa shape index (κ2) is 7.58. The summed E-state index contributed by atoms with van der Waals surface area (Å²) >= 11 is 1.26. The summed E-state index contributed by atoms with van der Waals surface area (Å²) in [4.78, 5) is 29.4. The summed E-state index contributed by atoms with van der Waals surface area (Å²) in [7, 11) is 1.58. The van der Waals surface area contributed by atoms with E-state index in [9.17, 15) is 9.59 Å². The van der Waals surface area contributed by atoms with E-state index in [-0.39, 0.29) is 18.1 Å². The van der Waals surface area contributed by atoms with Gasteiger partial charge in [-0.3, -0.25) is 9.59 Å². The van der Waals surface area contributed by atoms with E-state index < -0.39 is 5.60 Å². The average Bonchev–Trinajstić information content (AvgIpc) is 3.18. The van der Waals surface area contributed by atoms with Gasteiger partial charge in [0.2, 0.25) is 0 Å². The summed E-state index contributed by atoms with van der Waals surface area (Å²) in [6.45, 7) is 0.293. The smallest absolute Gasteiger partial charge is 0.257 e. The third-order valence-corrected chi connectivity index (χ3v) is 4.76. The van der Waals surface area contributed by atoms with E-state index >= 15 is 0 Å². The maximum atomic E-state index is 12.9. The van der Waals surface area contributed by atoms with E-state index in [4.69, 9.17) is 9.47 Å². The highest BCUT2D eigenvalue weighted by Gasteiger charge is 2.42. The highest BCUT2D eigenvalue weighted by atomic mass is 32.1. The number of nitrogens with zero attached hydrogens (tertiary/aromatic N) is 1. The maximum absolute atomic E-state index is 12.9. The highest BCUT2D eigenvalue weighted by molar-refractivity contribution is 7.11. The van der Waals surface area contributed by atoms with E-state index in [2.05, 4.69) is 10.3 Å². The standard InChI is InChI=1S/C18H18N2O4S/c1-23-14-6-4-13(5-7-14)20-17(22)18(8-2-3-10-24-18)12-15(21)16-19-9-11-25-16/h2-7,9,11H,8,10,12H2,1H3,(H,20,22)/t18-/m1/s1. The maximum Gasteiger partial charge on any atom is 0.257 e. The Kier molecular flexibility index (Phi) is 5.25. The number of benzene rings is 1. The van der Waals surface area contributed by atoms with Crippen molar-refractivity contribution in [2.45, 2.75) is 18.4 Å². The van der Waals surface area contributed by atoms with Crippen LogP contribution in [0.3, 0.4) is 0 Å². The molecule has 0 spiro atoms. The summed E-state index contributed by atoms with van der Waals surface area (Å²) in [6.07, 6.45) is 5.57. The van der Waals surface area contributed by atoms with Gasteiger partial charge >= 0.3 is 0 Å². The van der Waals surface area contributed by atoms with Crippen molar-refractivity contribution >= 4 is 28.7 Å². The molecule has 0 aliphatic carbocycles. The molecule has 25 heavy (non-hydrogen) atoms. The molecule has 3 rings (SSSR count). The molecule has 2 aromatic rings. The van der Waals surface area contributed by atoms with Crippen molar-refractivity contribution in [3.63, 3.8) is 0 Å². The van der Waals surface area contributed by atoms with Crippen molar-refractivity contribution < 1.29 is 19.1 Å². The number of ether oxygens (including phenoxy) is 2. The number of carbonyl (C=O) groups is 2. The molecule has 0 radical (unpaired) electrons. The number of methoxy groups -OCH3 is 1. The zero-order valence-electron chi connectivity index (χ0n) is 13.7. The van der Waals surface area contributed by atoms with Gasteiger partial charge in [-0.05, 0) is 24.3 Å². The molecule has 1 amide bonds. The summed E-state index contributed by atoms with van der Waals surface area (Å²) in [5.41, 5.74) is -0.609. The third kappa shape index (κ3) is 3.94. The van der Waals surface area contributed by atoms with Crippen LogP contribution in [0.1, 0.15) is 22.6 Å². The Morgan fingerprint density at radius 1 is 1.32 bits per heavy atom. The van der Waals surface area contributed by atoms with Crippen LogP contribution in [0, 0.1) is 0 Å². The van der Waals surface area contributed by atoms with Gasteiger partial charge in [-0.2, -0.15) is 0 Å². The van der Waals surface area contributed by atoms with Crippen molar-refractivity contribution in [3.8, 4) is 5.75 Å². The van der Waals surface area contributed by atoms with Crippen LogP contribution in [0.2, 0.25) is 0 Å². The van der Waals surface area contributed by atoms with Gasteiger partial charge in [-0.25, -0.2) is 4.98 Å². The number of hydrogen-bond acceptors (Lipinski definition) is 6. The van der Waals surface area contributed by atoms with Crippen molar-refractivity contribution in [3.05, 3.63) is 53.0 Å². The minimum absolute atomic E-state index is 0.0488. The Bertz CT molecular complexity index is 771. The predicted molar refractivity (Wildman–Crippen MR) is 95.1 cm³/mol. The van der Waals surface area contributed by atoms with E-state index in [0.29, 0.717) is 29.5 Å². The number of thiazole rings is 1. The number of amides is 1. The van der Waals surface area contributed by atoms with Crippen molar-refractivity contribution in [2.24, 2.45) is 0 Å². The van der Waals surface area contributed by atoms with Crippen LogP contribution in [0.25, 0.3) is 0 Å². The summed E-state index contributed by atoms with van der Waals surface area (Å²) < 4.78 is 10.9. The molecular weight excluding hydrogens is 340 g/mol. The van der Waals surface area contributed by atoms with Crippen molar-refractivity contribution in [1.29, 1.82) is 0 Å². The lowest BCUT2D eigenvalue weighted by molar-refractivity contribution is -0.140. The van der Waals surface area contributed by atoms with E-state index in [1.807, 2.05) is 12.2 Å².